The van der Waals surface area contributed by atoms with E-state index in [1.165, 1.54) is 29.0 Å². The number of aryl methyl sites for hydroxylation is 1. The number of rotatable bonds is 6. The first kappa shape index (κ1) is 18.2. The standard InChI is InChI=1S/C18H17N3O3S2/c1-2-13-8-10-14(11-9-13)18-19-16(12-25-18)17(22)20-21-26(23,24)15-6-4-3-5-7-15/h3-12,21H,2H2,1H3,(H,20,22). The van der Waals surface area contributed by atoms with Crippen LogP contribution in [0.4, 0.5) is 0 Å². The molecule has 3 aromatic rings. The number of hydrazine groups is 1. The molecule has 2 aromatic carbocycles. The number of carbonyl (C=O) groups excluding carboxylic acids is 1. The number of nitrogens with one attached hydrogen (secondary N) is 2. The number of aromatic nitrogens is 1. The Morgan fingerprint density at radius 1 is 1.08 bits per heavy atom. The average Bonchev–Trinajstić information content (AvgIpc) is 3.17. The van der Waals surface area contributed by atoms with E-state index in [0.717, 1.165) is 12.0 Å². The van der Waals surface area contributed by atoms with Gasteiger partial charge in [-0.2, -0.15) is 0 Å². The molecule has 1 heterocycles. The van der Waals surface area contributed by atoms with Gasteiger partial charge >= 0.3 is 0 Å². The summed E-state index contributed by atoms with van der Waals surface area (Å²) < 4.78 is 24.2. The van der Waals surface area contributed by atoms with Crippen LogP contribution in [0.3, 0.4) is 0 Å². The molecule has 0 bridgehead atoms. The molecule has 2 N–H and O–H groups in total. The predicted octanol–water partition coefficient (Wildman–Crippen LogP) is 3.00. The van der Waals surface area contributed by atoms with Crippen LogP contribution in [0.2, 0.25) is 0 Å². The van der Waals surface area contributed by atoms with Crippen LogP contribution < -0.4 is 10.3 Å². The van der Waals surface area contributed by atoms with Crippen molar-refractivity contribution in [2.24, 2.45) is 0 Å². The number of carbonyl (C=O) groups is 1. The lowest BCUT2D eigenvalue weighted by Crippen LogP contribution is -2.41. The van der Waals surface area contributed by atoms with E-state index in [9.17, 15) is 13.2 Å². The summed E-state index contributed by atoms with van der Waals surface area (Å²) in [5.74, 6) is -0.614. The maximum atomic E-state index is 12.2. The quantitative estimate of drug-likeness (QED) is 0.637. The highest BCUT2D eigenvalue weighted by atomic mass is 32.2. The van der Waals surface area contributed by atoms with E-state index in [1.54, 1.807) is 23.6 Å². The number of nitrogens with zero attached hydrogens (tertiary/aromatic N) is 1. The highest BCUT2D eigenvalue weighted by molar-refractivity contribution is 7.89. The van der Waals surface area contributed by atoms with E-state index in [1.807, 2.05) is 24.3 Å². The van der Waals surface area contributed by atoms with Gasteiger partial charge in [0.05, 0.1) is 4.90 Å². The second-order valence-corrected chi connectivity index (χ2v) is 8.00. The second kappa shape index (κ2) is 7.77. The zero-order valence-electron chi connectivity index (χ0n) is 14.0. The molecule has 0 aliphatic carbocycles. The van der Waals surface area contributed by atoms with Gasteiger partial charge in [0.1, 0.15) is 10.7 Å². The molecule has 26 heavy (non-hydrogen) atoms. The Bertz CT molecular complexity index is 998. The molecule has 0 unspecified atom stereocenters. The number of hydrogen-bond acceptors (Lipinski definition) is 5. The van der Waals surface area contributed by atoms with Gasteiger partial charge in [0, 0.05) is 10.9 Å². The van der Waals surface area contributed by atoms with E-state index in [-0.39, 0.29) is 10.6 Å². The molecule has 0 radical (unpaired) electrons. The van der Waals surface area contributed by atoms with Crippen LogP contribution >= 0.6 is 11.3 Å². The molecule has 0 aliphatic rings. The fourth-order valence-corrected chi connectivity index (χ4v) is 3.90. The SMILES string of the molecule is CCc1ccc(-c2nc(C(=O)NNS(=O)(=O)c3ccccc3)cs2)cc1. The number of hydrogen-bond donors (Lipinski definition) is 2. The number of amides is 1. The lowest BCUT2D eigenvalue weighted by atomic mass is 10.1. The molecular formula is C18H17N3O3S2. The van der Waals surface area contributed by atoms with Crippen molar-refractivity contribution in [1.82, 2.24) is 15.2 Å². The van der Waals surface area contributed by atoms with Gasteiger partial charge in [0.25, 0.3) is 15.9 Å². The Labute approximate surface area is 155 Å². The van der Waals surface area contributed by atoms with E-state index in [0.29, 0.717) is 5.01 Å². The highest BCUT2D eigenvalue weighted by Crippen LogP contribution is 2.24. The summed E-state index contributed by atoms with van der Waals surface area (Å²) in [5.41, 5.74) is 4.48. The molecule has 1 aromatic heterocycles. The van der Waals surface area contributed by atoms with Crippen molar-refractivity contribution in [3.05, 3.63) is 71.2 Å². The highest BCUT2D eigenvalue weighted by Gasteiger charge is 2.17. The molecule has 134 valence electrons. The van der Waals surface area contributed by atoms with Gasteiger partial charge in [0.2, 0.25) is 0 Å². The summed E-state index contributed by atoms with van der Waals surface area (Å²) in [5, 5.41) is 2.29. The van der Waals surface area contributed by atoms with E-state index in [4.69, 9.17) is 0 Å². The van der Waals surface area contributed by atoms with Gasteiger partial charge in [-0.3, -0.25) is 10.2 Å². The summed E-state index contributed by atoms with van der Waals surface area (Å²) in [7, 11) is -3.82. The molecule has 8 heteroatoms. The van der Waals surface area contributed by atoms with Crippen molar-refractivity contribution in [3.8, 4) is 10.6 Å². The van der Waals surface area contributed by atoms with Gasteiger partial charge in [-0.25, -0.2) is 13.4 Å². The molecule has 0 atom stereocenters. The minimum Gasteiger partial charge on any atom is -0.272 e. The van der Waals surface area contributed by atoms with Crippen molar-refractivity contribution >= 4 is 27.3 Å². The fraction of sp³-hybridized carbons (Fsp3) is 0.111. The first-order chi connectivity index (χ1) is 12.5. The minimum absolute atomic E-state index is 0.0651. The minimum atomic E-state index is -3.82. The molecule has 0 aliphatic heterocycles. The summed E-state index contributed by atoms with van der Waals surface area (Å²) in [6.45, 7) is 2.08. The Kier molecular flexibility index (Phi) is 5.46. The Morgan fingerprint density at radius 3 is 2.42 bits per heavy atom. The van der Waals surface area contributed by atoms with Gasteiger partial charge in [0.15, 0.2) is 0 Å². The smallest absolute Gasteiger partial charge is 0.272 e. The Morgan fingerprint density at radius 2 is 1.77 bits per heavy atom. The van der Waals surface area contributed by atoms with Crippen LogP contribution in [-0.4, -0.2) is 19.3 Å². The molecule has 6 nitrogen and oxygen atoms in total. The molecular weight excluding hydrogens is 370 g/mol. The van der Waals surface area contributed by atoms with E-state index >= 15 is 0 Å². The predicted molar refractivity (Wildman–Crippen MR) is 101 cm³/mol. The van der Waals surface area contributed by atoms with Crippen LogP contribution in [0.15, 0.2) is 64.9 Å². The van der Waals surface area contributed by atoms with Crippen molar-refractivity contribution in [2.75, 3.05) is 0 Å². The maximum Gasteiger partial charge on any atom is 0.285 e. The van der Waals surface area contributed by atoms with Gasteiger partial charge < -0.3 is 0 Å². The van der Waals surface area contributed by atoms with Crippen molar-refractivity contribution < 1.29 is 13.2 Å². The summed E-state index contributed by atoms with van der Waals surface area (Å²) in [6, 6.07) is 15.7. The average molecular weight is 387 g/mol. The van der Waals surface area contributed by atoms with E-state index < -0.39 is 15.9 Å². The van der Waals surface area contributed by atoms with Crippen LogP contribution in [0.25, 0.3) is 10.6 Å². The van der Waals surface area contributed by atoms with Crippen molar-refractivity contribution in [2.45, 2.75) is 18.2 Å². The number of benzene rings is 2. The van der Waals surface area contributed by atoms with E-state index in [2.05, 4.69) is 22.2 Å². The Balaban J connectivity index is 1.68. The third-order valence-corrected chi connectivity index (χ3v) is 5.85. The molecule has 3 rings (SSSR count). The zero-order chi connectivity index (χ0) is 18.6. The van der Waals surface area contributed by atoms with Crippen molar-refractivity contribution in [1.29, 1.82) is 0 Å². The lowest BCUT2D eigenvalue weighted by molar-refractivity contribution is 0.0941. The van der Waals surface area contributed by atoms with Crippen LogP contribution in [0.5, 0.6) is 0 Å². The largest absolute Gasteiger partial charge is 0.285 e. The fourth-order valence-electron chi connectivity index (χ4n) is 2.23. The molecule has 0 saturated heterocycles. The van der Waals surface area contributed by atoms with Gasteiger partial charge in [-0.15, -0.1) is 16.2 Å². The van der Waals surface area contributed by atoms with Crippen LogP contribution in [-0.2, 0) is 16.4 Å². The number of thiazole rings is 1. The van der Waals surface area contributed by atoms with Gasteiger partial charge in [-0.1, -0.05) is 49.4 Å². The maximum absolute atomic E-state index is 12.2. The number of sulfonamides is 1. The zero-order valence-corrected chi connectivity index (χ0v) is 15.6. The van der Waals surface area contributed by atoms with Crippen LogP contribution in [0, 0.1) is 0 Å². The normalized spacial score (nSPS) is 11.3. The molecule has 0 fully saturated rings. The summed E-state index contributed by atoms with van der Waals surface area (Å²) >= 11 is 1.32. The Hall–Kier alpha value is -2.55. The summed E-state index contributed by atoms with van der Waals surface area (Å²) in [6.07, 6.45) is 0.952. The summed E-state index contributed by atoms with van der Waals surface area (Å²) in [4.78, 5) is 18.6. The molecule has 1 amide bonds. The second-order valence-electron chi connectivity index (χ2n) is 5.46. The first-order valence-electron chi connectivity index (χ1n) is 7.91. The van der Waals surface area contributed by atoms with Crippen molar-refractivity contribution in [3.63, 3.8) is 0 Å². The third-order valence-electron chi connectivity index (χ3n) is 3.70. The topological polar surface area (TPSA) is 88.2 Å². The third kappa shape index (κ3) is 4.16. The molecule has 0 saturated carbocycles. The monoisotopic (exact) mass is 387 g/mol. The van der Waals surface area contributed by atoms with Crippen LogP contribution in [0.1, 0.15) is 23.0 Å². The van der Waals surface area contributed by atoms with Gasteiger partial charge in [-0.05, 0) is 24.1 Å². The molecule has 0 spiro atoms. The first-order valence-corrected chi connectivity index (χ1v) is 10.3. The lowest BCUT2D eigenvalue weighted by Gasteiger charge is -2.07.